The number of phenolic OH excluding ortho intramolecular Hbond substituents is 1. The zero-order valence-electron chi connectivity index (χ0n) is 11.7. The second-order valence-electron chi connectivity index (χ2n) is 4.37. The molecule has 0 radical (unpaired) electrons. The van der Waals surface area contributed by atoms with Gasteiger partial charge in [-0.05, 0) is 31.2 Å². The average Bonchev–Trinajstić information content (AvgIpc) is 2.98. The van der Waals surface area contributed by atoms with E-state index < -0.39 is 0 Å². The molecular formula is C15H13N3O4. The van der Waals surface area contributed by atoms with Crippen LogP contribution in [0.3, 0.4) is 0 Å². The van der Waals surface area contributed by atoms with Crippen LogP contribution in [0.2, 0.25) is 0 Å². The minimum Gasteiger partial charge on any atom is -0.505 e. The fourth-order valence-corrected chi connectivity index (χ4v) is 1.71. The summed E-state index contributed by atoms with van der Waals surface area (Å²) < 4.78 is 5.26. The maximum atomic E-state index is 10.8. The molecule has 0 unspecified atom stereocenters. The largest absolute Gasteiger partial charge is 0.505 e. The third kappa shape index (κ3) is 3.09. The van der Waals surface area contributed by atoms with E-state index in [1.807, 2.05) is 0 Å². The van der Waals surface area contributed by atoms with Gasteiger partial charge in [-0.15, -0.1) is 0 Å². The van der Waals surface area contributed by atoms with Crippen LogP contribution in [0, 0.1) is 5.41 Å². The van der Waals surface area contributed by atoms with E-state index in [1.165, 1.54) is 13.0 Å². The normalized spacial score (nSPS) is 11.0. The minimum absolute atomic E-state index is 0.000182. The molecule has 0 atom stereocenters. The summed E-state index contributed by atoms with van der Waals surface area (Å²) in [4.78, 5) is 21.4. The highest BCUT2D eigenvalue weighted by Gasteiger charge is 2.12. The monoisotopic (exact) mass is 299 g/mol. The van der Waals surface area contributed by atoms with Crippen molar-refractivity contribution >= 4 is 29.7 Å². The molecule has 0 saturated heterocycles. The summed E-state index contributed by atoms with van der Waals surface area (Å²) in [5.74, 6) is 0.325. The van der Waals surface area contributed by atoms with Crippen molar-refractivity contribution < 1.29 is 19.1 Å². The van der Waals surface area contributed by atoms with Crippen LogP contribution < -0.4 is 5.43 Å². The molecule has 112 valence electrons. The number of aldehydes is 2. The average molecular weight is 299 g/mol. The zero-order chi connectivity index (χ0) is 16.1. The molecular weight excluding hydrogens is 286 g/mol. The summed E-state index contributed by atoms with van der Waals surface area (Å²) in [6, 6.07) is 7.86. The summed E-state index contributed by atoms with van der Waals surface area (Å²) in [6.45, 7) is 1.43. The number of nitrogens with one attached hydrogen (secondary N) is 2. The van der Waals surface area contributed by atoms with Crippen LogP contribution in [0.5, 0.6) is 5.75 Å². The number of para-hydroxylation sites is 1. The Labute approximate surface area is 125 Å². The van der Waals surface area contributed by atoms with E-state index in [1.54, 1.807) is 24.3 Å². The van der Waals surface area contributed by atoms with Crippen LogP contribution in [0.4, 0.5) is 5.69 Å². The number of carbonyl (C=O) groups is 2. The number of hydrogen-bond acceptors (Lipinski definition) is 7. The molecule has 1 aromatic carbocycles. The third-order valence-electron chi connectivity index (χ3n) is 2.84. The van der Waals surface area contributed by atoms with Crippen molar-refractivity contribution in [3.63, 3.8) is 0 Å². The van der Waals surface area contributed by atoms with E-state index in [0.717, 1.165) is 0 Å². The van der Waals surface area contributed by atoms with Gasteiger partial charge in [0, 0.05) is 0 Å². The second kappa shape index (κ2) is 6.49. The Hall–Kier alpha value is -3.22. The molecule has 22 heavy (non-hydrogen) atoms. The van der Waals surface area contributed by atoms with Crippen LogP contribution in [-0.2, 0) is 4.79 Å². The van der Waals surface area contributed by atoms with Crippen molar-refractivity contribution in [2.45, 2.75) is 6.92 Å². The fourth-order valence-electron chi connectivity index (χ4n) is 1.71. The molecule has 1 aromatic heterocycles. The number of hydrogen-bond donors (Lipinski definition) is 3. The molecule has 1 heterocycles. The van der Waals surface area contributed by atoms with Gasteiger partial charge < -0.3 is 14.9 Å². The predicted octanol–water partition coefficient (Wildman–Crippen LogP) is 2.47. The Balaban J connectivity index is 2.35. The first-order valence-corrected chi connectivity index (χ1v) is 6.28. The van der Waals surface area contributed by atoms with Gasteiger partial charge in [-0.25, -0.2) is 0 Å². The Morgan fingerprint density at radius 2 is 2.09 bits per heavy atom. The van der Waals surface area contributed by atoms with Gasteiger partial charge in [0.05, 0.1) is 17.0 Å². The molecule has 0 aliphatic heterocycles. The number of hydrazone groups is 1. The lowest BCUT2D eigenvalue weighted by molar-refractivity contribution is -0.102. The molecule has 7 nitrogen and oxygen atoms in total. The van der Waals surface area contributed by atoms with Crippen molar-refractivity contribution in [2.24, 2.45) is 5.10 Å². The number of aromatic hydroxyl groups is 1. The second-order valence-corrected chi connectivity index (χ2v) is 4.37. The third-order valence-corrected chi connectivity index (χ3v) is 2.84. The summed E-state index contributed by atoms with van der Waals surface area (Å²) >= 11 is 0. The van der Waals surface area contributed by atoms with Gasteiger partial charge in [-0.1, -0.05) is 6.07 Å². The number of anilines is 1. The number of rotatable bonds is 6. The van der Waals surface area contributed by atoms with Crippen LogP contribution in [0.15, 0.2) is 39.9 Å². The maximum Gasteiger partial charge on any atom is 0.185 e. The number of phenols is 1. The van der Waals surface area contributed by atoms with Gasteiger partial charge in [-0.3, -0.25) is 15.0 Å². The maximum absolute atomic E-state index is 10.8. The highest BCUT2D eigenvalue weighted by Crippen LogP contribution is 2.36. The van der Waals surface area contributed by atoms with E-state index in [9.17, 15) is 14.7 Å². The molecule has 2 aromatic rings. The Kier molecular flexibility index (Phi) is 4.47. The number of nitrogens with zero attached hydrogens (tertiary/aromatic N) is 1. The molecule has 0 bridgehead atoms. The van der Waals surface area contributed by atoms with E-state index in [2.05, 4.69) is 10.5 Å². The van der Waals surface area contributed by atoms with Crippen LogP contribution in [0.25, 0.3) is 11.3 Å². The predicted molar refractivity (Wildman–Crippen MR) is 81.7 cm³/mol. The van der Waals surface area contributed by atoms with E-state index in [0.29, 0.717) is 23.9 Å². The van der Waals surface area contributed by atoms with E-state index in [4.69, 9.17) is 9.83 Å². The Morgan fingerprint density at radius 3 is 2.68 bits per heavy atom. The van der Waals surface area contributed by atoms with E-state index >= 15 is 0 Å². The molecule has 0 spiro atoms. The van der Waals surface area contributed by atoms with Crippen LogP contribution in [-0.4, -0.2) is 29.1 Å². The Morgan fingerprint density at radius 1 is 1.32 bits per heavy atom. The molecule has 0 saturated carbocycles. The molecule has 3 N–H and O–H groups in total. The van der Waals surface area contributed by atoms with Gasteiger partial charge in [0.1, 0.15) is 11.5 Å². The summed E-state index contributed by atoms with van der Waals surface area (Å²) in [6.07, 6.45) is 1.01. The molecule has 0 amide bonds. The number of furan rings is 1. The fraction of sp³-hybridized carbons (Fsp3) is 0.0667. The smallest absolute Gasteiger partial charge is 0.185 e. The SMILES string of the molecule is CC(=N)/C(C=O)=N/Nc1cccc(-c2ccc(C=O)o2)c1O. The van der Waals surface area contributed by atoms with Crippen LogP contribution in [0.1, 0.15) is 17.5 Å². The topological polar surface area (TPSA) is 116 Å². The summed E-state index contributed by atoms with van der Waals surface area (Å²) in [5, 5.41) is 21.3. The number of benzene rings is 1. The standard InChI is InChI=1S/C15H13N3O4/c1-9(16)13(8-20)18-17-12-4-2-3-11(15(12)21)14-6-5-10(7-19)22-14/h2-8,16-17,21H,1H3/b16-9?,18-13+. The lowest BCUT2D eigenvalue weighted by Gasteiger charge is -2.08. The highest BCUT2D eigenvalue weighted by molar-refractivity contribution is 6.60. The quantitative estimate of drug-likeness (QED) is 0.328. The first-order valence-electron chi connectivity index (χ1n) is 6.28. The molecule has 0 fully saturated rings. The van der Waals surface area contributed by atoms with Gasteiger partial charge in [0.2, 0.25) is 0 Å². The summed E-state index contributed by atoms with van der Waals surface area (Å²) in [5.41, 5.74) is 3.06. The van der Waals surface area contributed by atoms with Gasteiger partial charge >= 0.3 is 0 Å². The van der Waals surface area contributed by atoms with Crippen molar-refractivity contribution in [1.82, 2.24) is 0 Å². The first kappa shape index (κ1) is 15.2. The first-order chi connectivity index (χ1) is 10.6. The van der Waals surface area contributed by atoms with Crippen molar-refractivity contribution in [1.29, 1.82) is 5.41 Å². The molecule has 7 heteroatoms. The summed E-state index contributed by atoms with van der Waals surface area (Å²) in [7, 11) is 0. The highest BCUT2D eigenvalue weighted by atomic mass is 16.3. The number of carbonyl (C=O) groups excluding carboxylic acids is 2. The van der Waals surface area contributed by atoms with Gasteiger partial charge in [0.15, 0.2) is 24.1 Å². The van der Waals surface area contributed by atoms with Crippen LogP contribution >= 0.6 is 0 Å². The lowest BCUT2D eigenvalue weighted by Crippen LogP contribution is -2.12. The van der Waals surface area contributed by atoms with Crippen molar-refractivity contribution in [3.05, 3.63) is 36.1 Å². The minimum atomic E-state index is -0.147. The molecule has 2 rings (SSSR count). The van der Waals surface area contributed by atoms with E-state index in [-0.39, 0.29) is 28.6 Å². The van der Waals surface area contributed by atoms with Gasteiger partial charge in [0.25, 0.3) is 0 Å². The molecule has 0 aliphatic rings. The molecule has 0 aliphatic carbocycles. The Bertz CT molecular complexity index is 762. The van der Waals surface area contributed by atoms with Gasteiger partial charge in [-0.2, -0.15) is 5.10 Å². The zero-order valence-corrected chi connectivity index (χ0v) is 11.7. The lowest BCUT2D eigenvalue weighted by atomic mass is 10.1. The van der Waals surface area contributed by atoms with Crippen molar-refractivity contribution in [3.8, 4) is 17.1 Å². The van der Waals surface area contributed by atoms with Crippen molar-refractivity contribution in [2.75, 3.05) is 5.43 Å².